The summed E-state index contributed by atoms with van der Waals surface area (Å²) in [5.74, 6) is 1.88. The smallest absolute Gasteiger partial charge is 0.164 e. The molecule has 8 aromatic carbocycles. The number of para-hydroxylation sites is 1. The molecule has 59 heavy (non-hydrogen) atoms. The van der Waals surface area contributed by atoms with Crippen LogP contribution in [0.1, 0.15) is 22.3 Å². The Labute approximate surface area is 342 Å². The molecule has 2 heterocycles. The van der Waals surface area contributed by atoms with Gasteiger partial charge in [0.15, 0.2) is 17.5 Å². The summed E-state index contributed by atoms with van der Waals surface area (Å²) in [7, 11) is 0. The molecule has 2 aliphatic carbocycles. The van der Waals surface area contributed by atoms with E-state index in [-0.39, 0.29) is 0 Å². The maximum Gasteiger partial charge on any atom is 0.164 e. The molecule has 4 nitrogen and oxygen atoms in total. The van der Waals surface area contributed by atoms with Crippen LogP contribution in [0, 0.1) is 0 Å². The SMILES string of the molecule is c1ccc(-c2nc(-c3ccc(-c4cccc5cccnc45)cc3)nc(-c3cccc(-c4cccc5c4C4(c6ccccc6-c6ccccc64)c4ccccc4-5)c3)n2)cc1. The predicted octanol–water partition coefficient (Wildman–Crippen LogP) is 13.1. The number of hydrogen-bond acceptors (Lipinski definition) is 4. The minimum atomic E-state index is -0.458. The maximum absolute atomic E-state index is 5.19. The summed E-state index contributed by atoms with van der Waals surface area (Å²) in [6.07, 6.45) is 1.85. The van der Waals surface area contributed by atoms with Crippen molar-refractivity contribution in [2.45, 2.75) is 5.41 Å². The van der Waals surface area contributed by atoms with Crippen LogP contribution in [0.4, 0.5) is 0 Å². The lowest BCUT2D eigenvalue weighted by Crippen LogP contribution is -2.26. The highest BCUT2D eigenvalue weighted by Gasteiger charge is 2.52. The van der Waals surface area contributed by atoms with Gasteiger partial charge in [-0.3, -0.25) is 4.98 Å². The molecule has 0 aliphatic heterocycles. The predicted molar refractivity (Wildman–Crippen MR) is 239 cm³/mol. The first-order valence-corrected chi connectivity index (χ1v) is 20.1. The molecular weight excluding hydrogens is 717 g/mol. The van der Waals surface area contributed by atoms with E-state index >= 15 is 0 Å². The van der Waals surface area contributed by atoms with Crippen LogP contribution in [-0.4, -0.2) is 19.9 Å². The third-order valence-corrected chi connectivity index (χ3v) is 12.2. The van der Waals surface area contributed by atoms with Gasteiger partial charge in [-0.2, -0.15) is 0 Å². The van der Waals surface area contributed by atoms with Crippen LogP contribution in [0.5, 0.6) is 0 Å². The fraction of sp³-hybridized carbons (Fsp3) is 0.0182. The van der Waals surface area contributed by atoms with Gasteiger partial charge in [0.1, 0.15) is 0 Å². The molecule has 10 aromatic rings. The summed E-state index contributed by atoms with van der Waals surface area (Å²) < 4.78 is 0. The molecule has 0 saturated carbocycles. The number of hydrogen-bond donors (Lipinski definition) is 0. The maximum atomic E-state index is 5.19. The van der Waals surface area contributed by atoms with Gasteiger partial charge in [-0.1, -0.05) is 188 Å². The number of aromatic nitrogens is 4. The highest BCUT2D eigenvalue weighted by Crippen LogP contribution is 2.64. The van der Waals surface area contributed by atoms with Crippen LogP contribution in [0.2, 0.25) is 0 Å². The number of pyridine rings is 1. The Kier molecular flexibility index (Phi) is 7.41. The molecule has 1 spiro atoms. The van der Waals surface area contributed by atoms with Crippen molar-refractivity contribution in [3.05, 3.63) is 229 Å². The summed E-state index contributed by atoms with van der Waals surface area (Å²) in [6, 6.07) is 71.4. The van der Waals surface area contributed by atoms with Crippen molar-refractivity contribution in [1.29, 1.82) is 0 Å². The van der Waals surface area contributed by atoms with Crippen molar-refractivity contribution in [3.8, 4) is 78.7 Å². The van der Waals surface area contributed by atoms with Crippen molar-refractivity contribution >= 4 is 10.9 Å². The van der Waals surface area contributed by atoms with E-state index < -0.39 is 5.41 Å². The zero-order valence-corrected chi connectivity index (χ0v) is 31.9. The lowest BCUT2D eigenvalue weighted by Gasteiger charge is -2.32. The molecule has 12 rings (SSSR count). The Morgan fingerprint density at radius 2 is 0.763 bits per heavy atom. The minimum absolute atomic E-state index is 0.458. The largest absolute Gasteiger partial charge is 0.256 e. The average molecular weight is 751 g/mol. The molecule has 0 radical (unpaired) electrons. The van der Waals surface area contributed by atoms with Crippen molar-refractivity contribution < 1.29 is 0 Å². The van der Waals surface area contributed by atoms with Gasteiger partial charge in [0, 0.05) is 33.8 Å². The normalized spacial score (nSPS) is 12.9. The number of benzene rings is 8. The zero-order valence-electron chi connectivity index (χ0n) is 31.9. The van der Waals surface area contributed by atoms with E-state index in [0.717, 1.165) is 44.3 Å². The van der Waals surface area contributed by atoms with Crippen LogP contribution in [0.3, 0.4) is 0 Å². The van der Waals surface area contributed by atoms with E-state index in [1.54, 1.807) is 0 Å². The molecule has 2 aromatic heterocycles. The Morgan fingerprint density at radius 3 is 1.46 bits per heavy atom. The lowest BCUT2D eigenvalue weighted by atomic mass is 9.68. The topological polar surface area (TPSA) is 51.6 Å². The zero-order chi connectivity index (χ0) is 38.9. The molecule has 0 atom stereocenters. The molecule has 0 saturated heterocycles. The lowest BCUT2D eigenvalue weighted by molar-refractivity contribution is 0.796. The standard InChI is InChI=1S/C55H34N4/c1-2-14-37(15-3-1)52-57-53(38-31-29-35(30-32-38)42-24-11-16-36-19-13-33-56-51(36)42)59-54(58-52)40-18-10-17-39(34-40)41-23-12-25-46-45-22-6-9-28-49(45)55(50(41)46)47-26-7-4-20-43(47)44-21-5-8-27-48(44)55/h1-34H. The minimum Gasteiger partial charge on any atom is -0.256 e. The summed E-state index contributed by atoms with van der Waals surface area (Å²) in [5, 5.41) is 1.11. The second kappa shape index (κ2) is 13.1. The van der Waals surface area contributed by atoms with Gasteiger partial charge in [0.05, 0.1) is 10.9 Å². The summed E-state index contributed by atoms with van der Waals surface area (Å²) in [4.78, 5) is 20.1. The average Bonchev–Trinajstić information content (AvgIpc) is 3.79. The van der Waals surface area contributed by atoms with Crippen LogP contribution < -0.4 is 0 Å². The quantitative estimate of drug-likeness (QED) is 0.176. The molecule has 0 unspecified atom stereocenters. The van der Waals surface area contributed by atoms with Gasteiger partial charge < -0.3 is 0 Å². The molecule has 0 fully saturated rings. The third-order valence-electron chi connectivity index (χ3n) is 12.2. The van der Waals surface area contributed by atoms with E-state index in [1.807, 2.05) is 30.5 Å². The molecule has 2 aliphatic rings. The van der Waals surface area contributed by atoms with Gasteiger partial charge in [-0.05, 0) is 73.3 Å². The third kappa shape index (κ3) is 5.03. The highest BCUT2D eigenvalue weighted by molar-refractivity contribution is 5.99. The van der Waals surface area contributed by atoms with Crippen LogP contribution in [0.15, 0.2) is 206 Å². The van der Waals surface area contributed by atoms with Gasteiger partial charge >= 0.3 is 0 Å². The Balaban J connectivity index is 1.02. The number of nitrogens with zero attached hydrogens (tertiary/aromatic N) is 4. The summed E-state index contributed by atoms with van der Waals surface area (Å²) in [6.45, 7) is 0. The molecule has 4 heteroatoms. The summed E-state index contributed by atoms with van der Waals surface area (Å²) in [5.41, 5.74) is 18.2. The second-order valence-electron chi connectivity index (χ2n) is 15.3. The fourth-order valence-electron chi connectivity index (χ4n) is 9.71. The molecule has 274 valence electrons. The van der Waals surface area contributed by atoms with E-state index in [2.05, 4.69) is 176 Å². The fourth-order valence-corrected chi connectivity index (χ4v) is 9.71. The van der Waals surface area contributed by atoms with Crippen LogP contribution >= 0.6 is 0 Å². The first-order valence-electron chi connectivity index (χ1n) is 20.1. The van der Waals surface area contributed by atoms with Crippen LogP contribution in [0.25, 0.3) is 89.6 Å². The van der Waals surface area contributed by atoms with Crippen molar-refractivity contribution in [3.63, 3.8) is 0 Å². The van der Waals surface area contributed by atoms with Crippen molar-refractivity contribution in [1.82, 2.24) is 19.9 Å². The van der Waals surface area contributed by atoms with E-state index in [0.29, 0.717) is 17.5 Å². The Morgan fingerprint density at radius 1 is 0.305 bits per heavy atom. The molecule has 0 amide bonds. The molecule has 0 N–H and O–H groups in total. The van der Waals surface area contributed by atoms with Gasteiger partial charge in [-0.25, -0.2) is 15.0 Å². The van der Waals surface area contributed by atoms with Gasteiger partial charge in [0.2, 0.25) is 0 Å². The number of fused-ring (bicyclic) bond motifs is 11. The first-order chi connectivity index (χ1) is 29.3. The Hall–Kier alpha value is -7.82. The summed E-state index contributed by atoms with van der Waals surface area (Å²) >= 11 is 0. The van der Waals surface area contributed by atoms with Gasteiger partial charge in [0.25, 0.3) is 0 Å². The second-order valence-corrected chi connectivity index (χ2v) is 15.3. The van der Waals surface area contributed by atoms with Crippen molar-refractivity contribution in [2.24, 2.45) is 0 Å². The molecule has 0 bridgehead atoms. The van der Waals surface area contributed by atoms with Crippen LogP contribution in [-0.2, 0) is 5.41 Å². The number of rotatable bonds is 5. The first kappa shape index (κ1) is 33.3. The van der Waals surface area contributed by atoms with E-state index in [1.165, 1.54) is 50.1 Å². The monoisotopic (exact) mass is 750 g/mol. The molecular formula is C55H34N4. The van der Waals surface area contributed by atoms with Crippen molar-refractivity contribution in [2.75, 3.05) is 0 Å². The van der Waals surface area contributed by atoms with E-state index in [9.17, 15) is 0 Å². The Bertz CT molecular complexity index is 3210. The van der Waals surface area contributed by atoms with E-state index in [4.69, 9.17) is 19.9 Å². The van der Waals surface area contributed by atoms with Gasteiger partial charge in [-0.15, -0.1) is 0 Å². The highest BCUT2D eigenvalue weighted by atomic mass is 15.0.